The number of carbonyl (C=O) groups is 3. The maximum absolute atomic E-state index is 13.4. The topological polar surface area (TPSA) is 117 Å². The predicted molar refractivity (Wildman–Crippen MR) is 245 cm³/mol. The minimum Gasteiger partial charge on any atom is -0.496 e. The SMILES string of the molecule is C=C(C)c1c[nH]c2c(N3CCC(c4ccc(N5CCC(CN6CCN(c7cc8c(c(OC)c7)C(=O)N(C7CCC(=O)NC7=O)C8)CC6)CC5)cn4)CC3)ccc(Cl)c12.CCC. The molecule has 3 amide bonds. The molecule has 0 radical (unpaired) electrons. The highest BCUT2D eigenvalue weighted by Gasteiger charge is 2.41. The number of H-pyrrole nitrogens is 1. The van der Waals surface area contributed by atoms with Crippen LogP contribution in [0.25, 0.3) is 16.5 Å². The number of halogens is 1. The monoisotopic (exact) mass is 848 g/mol. The van der Waals surface area contributed by atoms with Gasteiger partial charge in [0.05, 0.1) is 40.8 Å². The second-order valence-electron chi connectivity index (χ2n) is 17.5. The van der Waals surface area contributed by atoms with Gasteiger partial charge in [0.25, 0.3) is 5.91 Å². The normalized spacial score (nSPS) is 20.5. The second kappa shape index (κ2) is 18.5. The number of imide groups is 1. The fourth-order valence-corrected chi connectivity index (χ4v) is 10.2. The largest absolute Gasteiger partial charge is 0.496 e. The lowest BCUT2D eigenvalue weighted by Gasteiger charge is -2.40. The maximum atomic E-state index is 13.4. The molecule has 2 N–H and O–H groups in total. The van der Waals surface area contributed by atoms with Gasteiger partial charge in [0.15, 0.2) is 0 Å². The van der Waals surface area contributed by atoms with Crippen LogP contribution in [0.2, 0.25) is 5.02 Å². The Balaban J connectivity index is 0.00000166. The van der Waals surface area contributed by atoms with Gasteiger partial charge in [0, 0.05) is 112 Å². The molecule has 1 atom stereocenters. The minimum atomic E-state index is -0.645. The van der Waals surface area contributed by atoms with Gasteiger partial charge in [-0.3, -0.25) is 29.6 Å². The number of hydrogen-bond donors (Lipinski definition) is 2. The van der Waals surface area contributed by atoms with E-state index in [4.69, 9.17) is 21.3 Å². The number of benzene rings is 2. The summed E-state index contributed by atoms with van der Waals surface area (Å²) in [5.74, 6) is 0.766. The number of nitrogens with zero attached hydrogens (tertiary/aromatic N) is 6. The number of methoxy groups -OCH3 is 1. The van der Waals surface area contributed by atoms with E-state index in [1.54, 1.807) is 12.0 Å². The maximum Gasteiger partial charge on any atom is 0.258 e. The van der Waals surface area contributed by atoms with Crippen LogP contribution in [-0.4, -0.2) is 110 Å². The summed E-state index contributed by atoms with van der Waals surface area (Å²) in [7, 11) is 1.59. The molecule has 4 aromatic rings. The average Bonchev–Trinajstić information content (AvgIpc) is 3.87. The first kappa shape index (κ1) is 42.6. The van der Waals surface area contributed by atoms with Crippen LogP contribution in [-0.2, 0) is 16.1 Å². The van der Waals surface area contributed by atoms with Crippen LogP contribution >= 0.6 is 11.6 Å². The molecule has 0 spiro atoms. The van der Waals surface area contributed by atoms with Crippen LogP contribution in [0.4, 0.5) is 17.1 Å². The van der Waals surface area contributed by atoms with Crippen molar-refractivity contribution < 1.29 is 19.1 Å². The molecule has 1 unspecified atom stereocenters. The zero-order valence-electron chi connectivity index (χ0n) is 36.3. The highest BCUT2D eigenvalue weighted by Crippen LogP contribution is 2.40. The van der Waals surface area contributed by atoms with Crippen molar-refractivity contribution in [2.45, 2.75) is 84.2 Å². The molecular formula is C48H61ClN8O4. The van der Waals surface area contributed by atoms with Crippen LogP contribution in [0.3, 0.4) is 0 Å². The van der Waals surface area contributed by atoms with E-state index in [0.717, 1.165) is 110 Å². The molecule has 4 saturated heterocycles. The van der Waals surface area contributed by atoms with Crippen LogP contribution in [0.15, 0.2) is 55.4 Å². The zero-order valence-corrected chi connectivity index (χ0v) is 37.0. The summed E-state index contributed by atoms with van der Waals surface area (Å²) in [6, 6.07) is 12.1. The number of ether oxygens (including phenoxy) is 1. The lowest BCUT2D eigenvalue weighted by atomic mass is 9.92. The van der Waals surface area contributed by atoms with Crippen molar-refractivity contribution in [3.63, 3.8) is 0 Å². The Labute approximate surface area is 365 Å². The second-order valence-corrected chi connectivity index (χ2v) is 17.9. The number of rotatable bonds is 9. The zero-order chi connectivity index (χ0) is 42.8. The molecule has 2 aromatic heterocycles. The number of anilines is 3. The smallest absolute Gasteiger partial charge is 0.258 e. The molecule has 0 bridgehead atoms. The number of pyridine rings is 1. The fraction of sp³-hybridized carbons (Fsp3) is 0.500. The molecule has 7 heterocycles. The van der Waals surface area contributed by atoms with Crippen LogP contribution in [0.5, 0.6) is 5.75 Å². The molecule has 9 rings (SSSR count). The number of piperidine rings is 3. The van der Waals surface area contributed by atoms with E-state index < -0.39 is 11.9 Å². The van der Waals surface area contributed by atoms with Crippen molar-refractivity contribution >= 4 is 62.9 Å². The van der Waals surface area contributed by atoms with Crippen LogP contribution in [0, 0.1) is 5.92 Å². The van der Waals surface area contributed by atoms with E-state index in [0.29, 0.717) is 36.1 Å². The van der Waals surface area contributed by atoms with Gasteiger partial charge in [-0.2, -0.15) is 0 Å². The number of piperazine rings is 1. The first-order chi connectivity index (χ1) is 29.6. The number of amides is 3. The van der Waals surface area contributed by atoms with Crippen molar-refractivity contribution in [1.82, 2.24) is 25.1 Å². The van der Waals surface area contributed by atoms with Crippen molar-refractivity contribution in [2.75, 3.05) is 80.7 Å². The van der Waals surface area contributed by atoms with Gasteiger partial charge in [-0.15, -0.1) is 0 Å². The molecule has 4 fully saturated rings. The summed E-state index contributed by atoms with van der Waals surface area (Å²) < 4.78 is 5.72. The molecule has 12 nitrogen and oxygen atoms in total. The van der Waals surface area contributed by atoms with Gasteiger partial charge in [-0.1, -0.05) is 38.4 Å². The van der Waals surface area contributed by atoms with Gasteiger partial charge in [0.2, 0.25) is 11.8 Å². The molecule has 5 aliphatic heterocycles. The summed E-state index contributed by atoms with van der Waals surface area (Å²) in [6.45, 7) is 19.7. The quantitative estimate of drug-likeness (QED) is 0.163. The van der Waals surface area contributed by atoms with E-state index in [2.05, 4.69) is 80.8 Å². The van der Waals surface area contributed by atoms with Gasteiger partial charge in [-0.05, 0) is 86.4 Å². The minimum absolute atomic E-state index is 0.212. The molecule has 0 aliphatic carbocycles. The molecular weight excluding hydrogens is 788 g/mol. The Kier molecular flexibility index (Phi) is 12.9. The fourth-order valence-electron chi connectivity index (χ4n) is 9.96. The van der Waals surface area contributed by atoms with E-state index in [1.807, 2.05) is 25.3 Å². The van der Waals surface area contributed by atoms with Gasteiger partial charge in [0.1, 0.15) is 11.8 Å². The highest BCUT2D eigenvalue weighted by molar-refractivity contribution is 6.36. The van der Waals surface area contributed by atoms with Gasteiger partial charge < -0.3 is 29.3 Å². The van der Waals surface area contributed by atoms with E-state index in [9.17, 15) is 14.4 Å². The molecule has 13 heteroatoms. The summed E-state index contributed by atoms with van der Waals surface area (Å²) in [5, 5.41) is 4.21. The standard InChI is InChI=1S/C45H53ClN8O4.C3H8/c1-28(2)34-25-48-43-37(7-5-35(46)42(34)43)53-16-12-30(13-17-53)36-6-4-32(24-47-36)51-14-10-29(11-15-51)26-50-18-20-52(21-19-50)33-22-31-27-54(38-8-9-40(55)49-44(38)56)45(57)41(31)39(23-33)58-3;1-3-2/h4-7,22-25,29-30,38,48H,1,8-21,26-27H2,2-3H3,(H,49,55,56);3H2,1-2H3. The van der Waals surface area contributed by atoms with Gasteiger partial charge in [-0.25, -0.2) is 0 Å². The Morgan fingerprint density at radius 3 is 2.25 bits per heavy atom. The number of nitrogens with one attached hydrogen (secondary N) is 2. The Hall–Kier alpha value is -5.07. The number of aromatic amines is 1. The molecule has 5 aliphatic rings. The summed E-state index contributed by atoms with van der Waals surface area (Å²) in [5.41, 5.74) is 9.25. The van der Waals surface area contributed by atoms with Crippen molar-refractivity contribution in [3.8, 4) is 5.75 Å². The Morgan fingerprint density at radius 2 is 1.59 bits per heavy atom. The third-order valence-electron chi connectivity index (χ3n) is 13.3. The number of fused-ring (bicyclic) bond motifs is 2. The molecule has 324 valence electrons. The average molecular weight is 850 g/mol. The molecule has 2 aromatic carbocycles. The number of aromatic nitrogens is 2. The third-order valence-corrected chi connectivity index (χ3v) is 13.6. The first-order valence-corrected chi connectivity index (χ1v) is 22.7. The van der Waals surface area contributed by atoms with E-state index in [1.165, 1.54) is 36.3 Å². The summed E-state index contributed by atoms with van der Waals surface area (Å²) in [4.78, 5) is 57.7. The predicted octanol–water partition coefficient (Wildman–Crippen LogP) is 7.86. The van der Waals surface area contributed by atoms with E-state index in [-0.39, 0.29) is 18.2 Å². The van der Waals surface area contributed by atoms with Gasteiger partial charge >= 0.3 is 0 Å². The molecule has 0 saturated carbocycles. The third kappa shape index (κ3) is 8.84. The summed E-state index contributed by atoms with van der Waals surface area (Å²) in [6.07, 6.45) is 10.4. The first-order valence-electron chi connectivity index (χ1n) is 22.3. The number of allylic oxidation sites excluding steroid dienone is 1. The van der Waals surface area contributed by atoms with Crippen molar-refractivity contribution in [1.29, 1.82) is 0 Å². The van der Waals surface area contributed by atoms with Crippen LogP contribution in [0.1, 0.15) is 98.8 Å². The lowest BCUT2D eigenvalue weighted by molar-refractivity contribution is -0.136. The highest BCUT2D eigenvalue weighted by atomic mass is 35.5. The number of hydrogen-bond acceptors (Lipinski definition) is 9. The lowest BCUT2D eigenvalue weighted by Crippen LogP contribution is -2.52. The van der Waals surface area contributed by atoms with E-state index >= 15 is 0 Å². The Morgan fingerprint density at radius 1 is 0.885 bits per heavy atom. The number of carbonyl (C=O) groups excluding carboxylic acids is 3. The Bertz CT molecular complexity index is 2250. The van der Waals surface area contributed by atoms with Crippen LogP contribution < -0.4 is 24.8 Å². The van der Waals surface area contributed by atoms with Crippen molar-refractivity contribution in [2.24, 2.45) is 5.92 Å². The molecule has 61 heavy (non-hydrogen) atoms. The van der Waals surface area contributed by atoms with Crippen molar-refractivity contribution in [3.05, 3.63) is 82.8 Å². The summed E-state index contributed by atoms with van der Waals surface area (Å²) >= 11 is 6.63.